The van der Waals surface area contributed by atoms with Crippen LogP contribution in [0.25, 0.3) is 0 Å². The highest BCUT2D eigenvalue weighted by Crippen LogP contribution is 2.28. The molecule has 0 spiro atoms. The molecule has 1 N–H and O–H groups in total. The highest BCUT2D eigenvalue weighted by Gasteiger charge is 2.19. The van der Waals surface area contributed by atoms with E-state index in [2.05, 4.69) is 26.5 Å². The number of rotatable bonds is 2. The van der Waals surface area contributed by atoms with Crippen molar-refractivity contribution in [3.63, 3.8) is 0 Å². The van der Waals surface area contributed by atoms with Gasteiger partial charge >= 0.3 is 5.97 Å². The molecule has 0 aromatic carbocycles. The molecule has 0 saturated carbocycles. The van der Waals surface area contributed by atoms with E-state index in [0.717, 1.165) is 32.1 Å². The summed E-state index contributed by atoms with van der Waals surface area (Å²) in [5.74, 6) is -0.000935. The van der Waals surface area contributed by atoms with Crippen LogP contribution < -0.4 is 0 Å². The lowest BCUT2D eigenvalue weighted by molar-refractivity contribution is -0.133. The van der Waals surface area contributed by atoms with Crippen LogP contribution in [-0.4, -0.2) is 11.1 Å². The lowest BCUT2D eigenvalue weighted by Gasteiger charge is -2.21. The Morgan fingerprint density at radius 2 is 2.06 bits per heavy atom. The molecule has 0 fully saturated rings. The van der Waals surface area contributed by atoms with Crippen LogP contribution in [0.3, 0.4) is 0 Å². The summed E-state index contributed by atoms with van der Waals surface area (Å²) in [5, 5.41) is 9.04. The molecule has 17 heavy (non-hydrogen) atoms. The van der Waals surface area contributed by atoms with Crippen molar-refractivity contribution in [1.82, 2.24) is 0 Å². The van der Waals surface area contributed by atoms with Gasteiger partial charge in [-0.1, -0.05) is 31.6 Å². The normalized spacial score (nSPS) is 27.1. The molecule has 0 saturated heterocycles. The van der Waals surface area contributed by atoms with Gasteiger partial charge in [0.05, 0.1) is 0 Å². The molecule has 0 aromatic heterocycles. The molecule has 1 aliphatic rings. The second-order valence-corrected chi connectivity index (χ2v) is 5.38. The lowest BCUT2D eigenvalue weighted by atomic mass is 9.84. The number of hydrogen-bond donors (Lipinski definition) is 1. The highest BCUT2D eigenvalue weighted by molar-refractivity contribution is 5.86. The van der Waals surface area contributed by atoms with Gasteiger partial charge in [0, 0.05) is 5.57 Å². The number of aliphatic carboxylic acids is 1. The maximum absolute atomic E-state index is 11.0. The number of carboxylic acid groups (broad SMARTS) is 1. The molecular formula is C15H24O2. The lowest BCUT2D eigenvalue weighted by Crippen LogP contribution is -2.14. The quantitative estimate of drug-likeness (QED) is 0.577. The molecule has 0 unspecified atom stereocenters. The molecule has 0 amide bonds. The van der Waals surface area contributed by atoms with Crippen molar-refractivity contribution in [3.05, 3.63) is 23.8 Å². The van der Waals surface area contributed by atoms with E-state index in [-0.39, 0.29) is 5.92 Å². The standard InChI is InChI=1S/C15H24O2/c1-11-5-4-6-12(2)8-10-14(9-7-11)13(3)15(16)17/h5,12,14H,3-4,6-10H2,1-2H3,(H,16,17)/t12-,14+/m0/s1. The number of hydrogen-bond acceptors (Lipinski definition) is 1. The number of carbonyl (C=O) groups is 1. The largest absolute Gasteiger partial charge is 0.478 e. The first-order valence-corrected chi connectivity index (χ1v) is 6.58. The van der Waals surface area contributed by atoms with Crippen molar-refractivity contribution in [3.8, 4) is 0 Å². The van der Waals surface area contributed by atoms with Gasteiger partial charge in [0.1, 0.15) is 0 Å². The predicted octanol–water partition coefficient (Wildman–Crippen LogP) is 4.18. The summed E-state index contributed by atoms with van der Waals surface area (Å²) < 4.78 is 0. The monoisotopic (exact) mass is 236 g/mol. The SMILES string of the molecule is C=C(C(=O)O)[C@@H]1CCC(C)=CCC[C@H](C)CC1. The molecule has 0 heterocycles. The van der Waals surface area contributed by atoms with Gasteiger partial charge in [-0.3, -0.25) is 0 Å². The van der Waals surface area contributed by atoms with Gasteiger partial charge in [-0.2, -0.15) is 0 Å². The zero-order chi connectivity index (χ0) is 12.8. The second kappa shape index (κ2) is 6.63. The summed E-state index contributed by atoms with van der Waals surface area (Å²) in [4.78, 5) is 11.0. The summed E-state index contributed by atoms with van der Waals surface area (Å²) in [6, 6.07) is 0. The molecule has 2 atom stereocenters. The molecule has 2 heteroatoms. The predicted molar refractivity (Wildman–Crippen MR) is 70.9 cm³/mol. The molecule has 0 bridgehead atoms. The van der Waals surface area contributed by atoms with Crippen LogP contribution in [0.1, 0.15) is 52.4 Å². The third kappa shape index (κ3) is 4.76. The van der Waals surface area contributed by atoms with E-state index >= 15 is 0 Å². The van der Waals surface area contributed by atoms with Crippen LogP contribution in [0.2, 0.25) is 0 Å². The molecule has 0 radical (unpaired) electrons. The third-order valence-electron chi connectivity index (χ3n) is 3.81. The van der Waals surface area contributed by atoms with Crippen LogP contribution in [0, 0.1) is 11.8 Å². The van der Waals surface area contributed by atoms with Crippen molar-refractivity contribution in [1.29, 1.82) is 0 Å². The van der Waals surface area contributed by atoms with Crippen molar-refractivity contribution in [2.75, 3.05) is 0 Å². The van der Waals surface area contributed by atoms with E-state index in [1.54, 1.807) is 0 Å². The van der Waals surface area contributed by atoms with E-state index in [9.17, 15) is 4.79 Å². The van der Waals surface area contributed by atoms with Gasteiger partial charge in [-0.05, 0) is 50.9 Å². The van der Waals surface area contributed by atoms with Gasteiger partial charge in [-0.25, -0.2) is 4.79 Å². The van der Waals surface area contributed by atoms with Crippen LogP contribution in [0.5, 0.6) is 0 Å². The number of allylic oxidation sites excluding steroid dienone is 2. The average Bonchev–Trinajstić information content (AvgIpc) is 2.28. The maximum atomic E-state index is 11.0. The van der Waals surface area contributed by atoms with Crippen LogP contribution in [-0.2, 0) is 4.79 Å². The fourth-order valence-corrected chi connectivity index (χ4v) is 2.42. The molecule has 0 aromatic rings. The first kappa shape index (κ1) is 14.0. The Hall–Kier alpha value is -1.05. The third-order valence-corrected chi connectivity index (χ3v) is 3.81. The first-order valence-electron chi connectivity index (χ1n) is 6.58. The second-order valence-electron chi connectivity index (χ2n) is 5.38. The zero-order valence-corrected chi connectivity index (χ0v) is 11.0. The minimum Gasteiger partial charge on any atom is -0.478 e. The Labute approximate surface area is 104 Å². The van der Waals surface area contributed by atoms with Crippen LogP contribution >= 0.6 is 0 Å². The molecule has 96 valence electrons. The Morgan fingerprint density at radius 3 is 2.71 bits per heavy atom. The smallest absolute Gasteiger partial charge is 0.331 e. The van der Waals surface area contributed by atoms with Gasteiger partial charge in [0.25, 0.3) is 0 Å². The van der Waals surface area contributed by atoms with Crippen molar-refractivity contribution in [2.24, 2.45) is 11.8 Å². The van der Waals surface area contributed by atoms with E-state index in [1.807, 2.05) is 0 Å². The Balaban J connectivity index is 2.69. The summed E-state index contributed by atoms with van der Waals surface area (Å²) in [5.41, 5.74) is 1.79. The summed E-state index contributed by atoms with van der Waals surface area (Å²) in [6.07, 6.45) is 8.71. The Bertz CT molecular complexity index is 315. The highest BCUT2D eigenvalue weighted by atomic mass is 16.4. The van der Waals surface area contributed by atoms with Crippen molar-refractivity contribution >= 4 is 5.97 Å². The summed E-state index contributed by atoms with van der Waals surface area (Å²) in [6.45, 7) is 8.14. The Morgan fingerprint density at radius 1 is 1.35 bits per heavy atom. The molecular weight excluding hydrogens is 212 g/mol. The van der Waals surface area contributed by atoms with Crippen LogP contribution in [0.15, 0.2) is 23.8 Å². The summed E-state index contributed by atoms with van der Waals surface area (Å²) in [7, 11) is 0. The topological polar surface area (TPSA) is 37.3 Å². The van der Waals surface area contributed by atoms with Crippen molar-refractivity contribution < 1.29 is 9.90 Å². The zero-order valence-electron chi connectivity index (χ0n) is 11.0. The molecule has 1 aliphatic carbocycles. The minimum atomic E-state index is -0.832. The van der Waals surface area contributed by atoms with Crippen LogP contribution in [0.4, 0.5) is 0 Å². The average molecular weight is 236 g/mol. The molecule has 2 nitrogen and oxygen atoms in total. The minimum absolute atomic E-state index is 0.149. The van der Waals surface area contributed by atoms with Gasteiger partial charge in [0.15, 0.2) is 0 Å². The molecule has 0 aliphatic heterocycles. The molecule has 1 rings (SSSR count). The van der Waals surface area contributed by atoms with E-state index in [4.69, 9.17) is 5.11 Å². The first-order chi connectivity index (χ1) is 8.00. The maximum Gasteiger partial charge on any atom is 0.331 e. The van der Waals surface area contributed by atoms with E-state index in [0.29, 0.717) is 11.5 Å². The fraction of sp³-hybridized carbons (Fsp3) is 0.667. The van der Waals surface area contributed by atoms with E-state index < -0.39 is 5.97 Å². The van der Waals surface area contributed by atoms with Gasteiger partial charge in [0.2, 0.25) is 0 Å². The Kier molecular flexibility index (Phi) is 5.46. The van der Waals surface area contributed by atoms with Crippen molar-refractivity contribution in [2.45, 2.75) is 52.4 Å². The summed E-state index contributed by atoms with van der Waals surface area (Å²) >= 11 is 0. The van der Waals surface area contributed by atoms with Gasteiger partial charge < -0.3 is 5.11 Å². The van der Waals surface area contributed by atoms with E-state index in [1.165, 1.54) is 12.0 Å². The number of carboxylic acids is 1. The fourth-order valence-electron chi connectivity index (χ4n) is 2.42. The van der Waals surface area contributed by atoms with Gasteiger partial charge in [-0.15, -0.1) is 0 Å².